The number of rotatable bonds is 5. The van der Waals surface area contributed by atoms with Crippen molar-refractivity contribution in [2.45, 2.75) is 68.9 Å². The number of hydrogen-bond acceptors (Lipinski definition) is 5. The minimum Gasteiger partial charge on any atom is -0.489 e. The lowest BCUT2D eigenvalue weighted by Crippen LogP contribution is -2.48. The molecule has 1 spiro atoms. The van der Waals surface area contributed by atoms with Crippen LogP contribution >= 0.6 is 11.6 Å². The van der Waals surface area contributed by atoms with Crippen molar-refractivity contribution in [3.8, 4) is 5.75 Å². The highest BCUT2D eigenvalue weighted by molar-refractivity contribution is 6.31. The molecule has 2 fully saturated rings. The van der Waals surface area contributed by atoms with Gasteiger partial charge in [0.1, 0.15) is 11.9 Å². The molecule has 0 radical (unpaired) electrons. The van der Waals surface area contributed by atoms with Crippen LogP contribution < -0.4 is 10.1 Å². The van der Waals surface area contributed by atoms with Gasteiger partial charge in [0, 0.05) is 29.4 Å². The first kappa shape index (κ1) is 26.4. The predicted molar refractivity (Wildman–Crippen MR) is 141 cm³/mol. The Morgan fingerprint density at radius 2 is 1.95 bits per heavy atom. The topological polar surface area (TPSA) is 79.6 Å². The van der Waals surface area contributed by atoms with Gasteiger partial charge in [-0.3, -0.25) is 9.69 Å². The number of amides is 1. The molecule has 208 valence electrons. The van der Waals surface area contributed by atoms with Crippen molar-refractivity contribution in [1.29, 1.82) is 0 Å². The highest BCUT2D eigenvalue weighted by atomic mass is 35.5. The molecule has 1 aliphatic carbocycles. The molecule has 1 atom stereocenters. The van der Waals surface area contributed by atoms with E-state index in [2.05, 4.69) is 15.2 Å². The summed E-state index contributed by atoms with van der Waals surface area (Å²) in [5, 5.41) is 13.6. The van der Waals surface area contributed by atoms with E-state index in [1.165, 1.54) is 10.9 Å². The summed E-state index contributed by atoms with van der Waals surface area (Å²) in [6, 6.07) is 7.81. The highest BCUT2D eigenvalue weighted by Crippen LogP contribution is 2.47. The zero-order chi connectivity index (χ0) is 27.7. The summed E-state index contributed by atoms with van der Waals surface area (Å²) in [7, 11) is 0. The van der Waals surface area contributed by atoms with Gasteiger partial charge in [0.25, 0.3) is 0 Å². The summed E-state index contributed by atoms with van der Waals surface area (Å²) in [4.78, 5) is 19.3. The number of imidazole rings is 1. The molecule has 1 unspecified atom stereocenters. The Kier molecular flexibility index (Phi) is 6.17. The van der Waals surface area contributed by atoms with Crippen LogP contribution in [0.1, 0.15) is 56.7 Å². The van der Waals surface area contributed by atoms with Gasteiger partial charge < -0.3 is 19.7 Å². The molecular formula is C28H30ClF3N4O3. The molecule has 7 nitrogen and oxygen atoms in total. The Morgan fingerprint density at radius 3 is 2.62 bits per heavy atom. The van der Waals surface area contributed by atoms with Gasteiger partial charge in [0.2, 0.25) is 5.91 Å². The third-order valence-electron chi connectivity index (χ3n) is 8.43. The minimum atomic E-state index is -4.59. The summed E-state index contributed by atoms with van der Waals surface area (Å²) >= 11 is 6.21. The quantitative estimate of drug-likeness (QED) is 0.426. The highest BCUT2D eigenvalue weighted by Gasteiger charge is 2.48. The van der Waals surface area contributed by atoms with Crippen molar-refractivity contribution in [3.05, 3.63) is 52.8 Å². The first-order valence-electron chi connectivity index (χ1n) is 13.2. The Balaban J connectivity index is 1.16. The van der Waals surface area contributed by atoms with E-state index in [4.69, 9.17) is 16.3 Å². The Bertz CT molecular complexity index is 1440. The van der Waals surface area contributed by atoms with Gasteiger partial charge in [-0.05, 0) is 82.4 Å². The van der Waals surface area contributed by atoms with E-state index in [-0.39, 0.29) is 34.8 Å². The summed E-state index contributed by atoms with van der Waals surface area (Å²) < 4.78 is 49.9. The SMILES string of the molecule is CC(CN1CCC2(CC1)C(=O)Nc1ccc(Cl)cc12)Oc1cc(C(F)(F)F)c2c(c1)ncn2C1CC(C)(O)C1. The van der Waals surface area contributed by atoms with E-state index >= 15 is 0 Å². The lowest BCUT2D eigenvalue weighted by atomic mass is 9.73. The van der Waals surface area contributed by atoms with Crippen LogP contribution in [0.2, 0.25) is 5.02 Å². The zero-order valence-corrected chi connectivity index (χ0v) is 22.4. The number of ether oxygens (including phenoxy) is 1. The number of piperidine rings is 1. The van der Waals surface area contributed by atoms with Crippen LogP contribution in [0.25, 0.3) is 11.0 Å². The Morgan fingerprint density at radius 1 is 1.23 bits per heavy atom. The number of fused-ring (bicyclic) bond motifs is 3. The average molecular weight is 563 g/mol. The third-order valence-corrected chi connectivity index (χ3v) is 8.67. The van der Waals surface area contributed by atoms with Crippen LogP contribution in [0.4, 0.5) is 18.9 Å². The molecule has 0 bridgehead atoms. The maximum absolute atomic E-state index is 14.1. The van der Waals surface area contributed by atoms with Gasteiger partial charge in [-0.2, -0.15) is 13.2 Å². The lowest BCUT2D eigenvalue weighted by Gasteiger charge is -2.41. The zero-order valence-electron chi connectivity index (χ0n) is 21.7. The monoisotopic (exact) mass is 562 g/mol. The summed E-state index contributed by atoms with van der Waals surface area (Å²) in [5.41, 5.74) is -0.319. The van der Waals surface area contributed by atoms with E-state index in [0.29, 0.717) is 50.3 Å². The fraction of sp³-hybridized carbons (Fsp3) is 0.500. The number of aliphatic hydroxyl groups is 1. The number of carbonyl (C=O) groups is 1. The molecule has 3 aliphatic rings. The number of aromatic nitrogens is 2. The first-order chi connectivity index (χ1) is 18.3. The molecule has 1 saturated carbocycles. The molecule has 1 saturated heterocycles. The Labute approximate surface area is 228 Å². The van der Waals surface area contributed by atoms with Gasteiger partial charge in [0.15, 0.2) is 0 Å². The number of anilines is 1. The fourth-order valence-electron chi connectivity index (χ4n) is 6.49. The molecule has 3 heterocycles. The van der Waals surface area contributed by atoms with Crippen molar-refractivity contribution >= 4 is 34.2 Å². The summed E-state index contributed by atoms with van der Waals surface area (Å²) in [6.45, 7) is 5.31. The smallest absolute Gasteiger partial charge is 0.418 e. The van der Waals surface area contributed by atoms with Crippen molar-refractivity contribution in [2.24, 2.45) is 0 Å². The molecule has 2 aromatic carbocycles. The van der Waals surface area contributed by atoms with E-state index in [1.807, 2.05) is 19.1 Å². The number of halogens is 4. The van der Waals surface area contributed by atoms with Crippen molar-refractivity contribution in [3.63, 3.8) is 0 Å². The van der Waals surface area contributed by atoms with Crippen LogP contribution in [0.15, 0.2) is 36.7 Å². The summed E-state index contributed by atoms with van der Waals surface area (Å²) in [5.74, 6) is 0.0991. The van der Waals surface area contributed by atoms with E-state index in [9.17, 15) is 23.1 Å². The molecular weight excluding hydrogens is 533 g/mol. The largest absolute Gasteiger partial charge is 0.489 e. The number of carbonyl (C=O) groups excluding carboxylic acids is 1. The standard InChI is InChI=1S/C28H30ClF3N4O3/c1-16(14-35-7-5-27(6-8-35)20-9-17(29)3-4-22(20)34-25(27)37)39-19-10-21(28(30,31)32)24-23(11-19)33-15-36(24)18-12-26(2,38)13-18/h3-4,9-11,15-16,18,38H,5-8,12-14H2,1-2H3,(H,34,37). The third kappa shape index (κ3) is 4.66. The predicted octanol–water partition coefficient (Wildman–Crippen LogP) is 5.55. The average Bonchev–Trinajstić information content (AvgIpc) is 3.37. The number of benzene rings is 2. The minimum absolute atomic E-state index is 0.0124. The molecule has 2 aliphatic heterocycles. The van der Waals surface area contributed by atoms with Crippen molar-refractivity contribution in [2.75, 3.05) is 25.0 Å². The number of likely N-dealkylation sites (tertiary alicyclic amines) is 1. The van der Waals surface area contributed by atoms with Crippen molar-refractivity contribution in [1.82, 2.24) is 14.5 Å². The van der Waals surface area contributed by atoms with Crippen molar-refractivity contribution < 1.29 is 27.8 Å². The molecule has 39 heavy (non-hydrogen) atoms. The number of nitrogens with one attached hydrogen (secondary N) is 1. The van der Waals surface area contributed by atoms with Gasteiger partial charge in [-0.25, -0.2) is 4.98 Å². The van der Waals surface area contributed by atoms with Crippen LogP contribution in [0.3, 0.4) is 0 Å². The second-order valence-electron chi connectivity index (χ2n) is 11.5. The molecule has 2 N–H and O–H groups in total. The lowest BCUT2D eigenvalue weighted by molar-refractivity contribution is -0.136. The normalized spacial score (nSPS) is 25.4. The van der Waals surface area contributed by atoms with Gasteiger partial charge in [-0.15, -0.1) is 0 Å². The Hall–Kier alpha value is -2.82. The maximum Gasteiger partial charge on any atom is 0.418 e. The second-order valence-corrected chi connectivity index (χ2v) is 11.9. The van der Waals surface area contributed by atoms with E-state index in [1.54, 1.807) is 19.1 Å². The van der Waals surface area contributed by atoms with Crippen LogP contribution in [0.5, 0.6) is 5.75 Å². The van der Waals surface area contributed by atoms with Gasteiger partial charge in [0.05, 0.1) is 33.9 Å². The maximum atomic E-state index is 14.1. The number of nitrogens with zero attached hydrogens (tertiary/aromatic N) is 3. The molecule has 6 rings (SSSR count). The fourth-order valence-corrected chi connectivity index (χ4v) is 6.66. The number of alkyl halides is 3. The summed E-state index contributed by atoms with van der Waals surface area (Å²) in [6.07, 6.45) is -1.57. The van der Waals surface area contributed by atoms with E-state index in [0.717, 1.165) is 17.3 Å². The number of hydrogen-bond donors (Lipinski definition) is 2. The van der Waals surface area contributed by atoms with Crippen LogP contribution in [-0.4, -0.2) is 56.8 Å². The molecule has 1 aromatic heterocycles. The van der Waals surface area contributed by atoms with E-state index < -0.39 is 22.8 Å². The van der Waals surface area contributed by atoms with Gasteiger partial charge in [-0.1, -0.05) is 11.6 Å². The van der Waals surface area contributed by atoms with Crippen LogP contribution in [-0.2, 0) is 16.4 Å². The molecule has 3 aromatic rings. The second kappa shape index (κ2) is 9.11. The molecule has 1 amide bonds. The van der Waals surface area contributed by atoms with Gasteiger partial charge >= 0.3 is 6.18 Å². The molecule has 11 heteroatoms. The first-order valence-corrected chi connectivity index (χ1v) is 13.5. The van der Waals surface area contributed by atoms with Crippen LogP contribution in [0, 0.1) is 0 Å².